The minimum absolute atomic E-state index is 0.0876. The van der Waals surface area contributed by atoms with E-state index in [4.69, 9.17) is 16.3 Å². The van der Waals surface area contributed by atoms with E-state index in [-0.39, 0.29) is 27.8 Å². The molecule has 1 heterocycles. The van der Waals surface area contributed by atoms with Crippen LogP contribution < -0.4 is 14.4 Å². The third-order valence-corrected chi connectivity index (χ3v) is 4.63. The Kier molecular flexibility index (Phi) is 4.55. The van der Waals surface area contributed by atoms with E-state index in [2.05, 4.69) is 4.72 Å². The Morgan fingerprint density at radius 1 is 1.15 bits per heavy atom. The maximum absolute atomic E-state index is 14.8. The fraction of sp³-hybridized carbons (Fsp3) is 0.235. The number of nitrogens with zero attached hydrogens (tertiary/aromatic N) is 1. The number of rotatable bonds is 3. The van der Waals surface area contributed by atoms with Crippen LogP contribution in [-0.4, -0.2) is 26.2 Å². The van der Waals surface area contributed by atoms with Crippen molar-refractivity contribution in [3.8, 4) is 5.75 Å². The number of hydrogen-bond acceptors (Lipinski definition) is 4. The molecular weight excluding hydrogens is 402 g/mol. The summed E-state index contributed by atoms with van der Waals surface area (Å²) in [6.07, 6.45) is 0.911. The van der Waals surface area contributed by atoms with Gasteiger partial charge in [0.05, 0.1) is 17.6 Å². The van der Waals surface area contributed by atoms with Gasteiger partial charge in [-0.25, -0.2) is 17.2 Å². The first-order valence-corrected chi connectivity index (χ1v) is 9.96. The van der Waals surface area contributed by atoms with Gasteiger partial charge in [-0.3, -0.25) is 14.4 Å². The third-order valence-electron chi connectivity index (χ3n) is 3.79. The zero-order valence-electron chi connectivity index (χ0n) is 14.5. The fourth-order valence-corrected chi connectivity index (χ4v) is 3.43. The monoisotopic (exact) mass is 416 g/mol. The summed E-state index contributed by atoms with van der Waals surface area (Å²) in [7, 11) is -3.66. The molecule has 1 aliphatic heterocycles. The van der Waals surface area contributed by atoms with Crippen molar-refractivity contribution in [1.29, 1.82) is 0 Å². The fourth-order valence-electron chi connectivity index (χ4n) is 2.72. The number of benzene rings is 2. The van der Waals surface area contributed by atoms with E-state index in [1.165, 1.54) is 32.0 Å². The maximum Gasteiger partial charge on any atom is 0.275 e. The molecule has 1 amide bonds. The number of anilines is 3. The molecule has 0 saturated carbocycles. The number of ether oxygens (including phenoxy) is 1. The number of hydrogen-bond donors (Lipinski definition) is 1. The highest BCUT2D eigenvalue weighted by molar-refractivity contribution is 7.92. The number of carbonyl (C=O) groups is 1. The summed E-state index contributed by atoms with van der Waals surface area (Å²) in [6, 6.07) is 5.74. The van der Waals surface area contributed by atoms with E-state index in [1.807, 2.05) is 0 Å². The minimum atomic E-state index is -3.66. The van der Waals surface area contributed by atoms with Gasteiger partial charge in [-0.15, -0.1) is 0 Å². The molecule has 0 saturated heterocycles. The molecule has 2 aromatic rings. The smallest absolute Gasteiger partial charge is 0.275 e. The first-order valence-electron chi connectivity index (χ1n) is 7.69. The molecule has 1 N–H and O–H groups in total. The first-order chi connectivity index (χ1) is 12.4. The third kappa shape index (κ3) is 3.70. The van der Waals surface area contributed by atoms with E-state index < -0.39 is 33.2 Å². The Hall–Kier alpha value is -2.39. The SMILES string of the molecule is CC1(C)Oc2cc(NS(C)(=O)=O)cc(F)c2N(c2ccc(Cl)cc2F)C1=O. The second-order valence-electron chi connectivity index (χ2n) is 6.53. The van der Waals surface area contributed by atoms with Gasteiger partial charge in [-0.1, -0.05) is 11.6 Å². The highest BCUT2D eigenvalue weighted by atomic mass is 35.5. The van der Waals surface area contributed by atoms with E-state index in [0.717, 1.165) is 23.3 Å². The highest BCUT2D eigenvalue weighted by Gasteiger charge is 2.44. The van der Waals surface area contributed by atoms with Crippen molar-refractivity contribution in [3.63, 3.8) is 0 Å². The molecule has 0 aliphatic carbocycles. The summed E-state index contributed by atoms with van der Waals surface area (Å²) in [5, 5.41) is 0.115. The zero-order chi connectivity index (χ0) is 20.1. The molecule has 0 atom stereocenters. The van der Waals surface area contributed by atoms with Gasteiger partial charge in [0, 0.05) is 17.2 Å². The Balaban J connectivity index is 2.23. The van der Waals surface area contributed by atoms with E-state index in [0.29, 0.717) is 0 Å². The summed E-state index contributed by atoms with van der Waals surface area (Å²) in [4.78, 5) is 13.7. The summed E-state index contributed by atoms with van der Waals surface area (Å²) in [5.74, 6) is -2.59. The molecule has 0 spiro atoms. The lowest BCUT2D eigenvalue weighted by Crippen LogP contribution is -2.51. The Morgan fingerprint density at radius 3 is 2.41 bits per heavy atom. The largest absolute Gasteiger partial charge is 0.476 e. The second-order valence-corrected chi connectivity index (χ2v) is 8.71. The number of carbonyl (C=O) groups excluding carboxylic acids is 1. The predicted molar refractivity (Wildman–Crippen MR) is 98.1 cm³/mol. The second kappa shape index (κ2) is 6.35. The van der Waals surface area contributed by atoms with Crippen molar-refractivity contribution in [3.05, 3.63) is 47.0 Å². The molecule has 0 radical (unpaired) electrons. The Morgan fingerprint density at radius 2 is 1.81 bits per heavy atom. The number of halogens is 3. The summed E-state index contributed by atoms with van der Waals surface area (Å²) in [6.45, 7) is 2.88. The lowest BCUT2D eigenvalue weighted by Gasteiger charge is -2.39. The normalized spacial score (nSPS) is 15.9. The summed E-state index contributed by atoms with van der Waals surface area (Å²) < 4.78 is 59.8. The number of fused-ring (bicyclic) bond motifs is 1. The number of amides is 1. The van der Waals surface area contributed by atoms with Gasteiger partial charge in [0.15, 0.2) is 11.4 Å². The molecule has 6 nitrogen and oxygen atoms in total. The molecule has 27 heavy (non-hydrogen) atoms. The molecule has 0 bridgehead atoms. The molecule has 0 fully saturated rings. The highest BCUT2D eigenvalue weighted by Crippen LogP contribution is 2.46. The van der Waals surface area contributed by atoms with Crippen molar-refractivity contribution in [2.75, 3.05) is 15.9 Å². The van der Waals surface area contributed by atoms with Crippen LogP contribution in [0.1, 0.15) is 13.8 Å². The van der Waals surface area contributed by atoms with Crippen LogP contribution in [0, 0.1) is 11.6 Å². The van der Waals surface area contributed by atoms with Crippen LogP contribution >= 0.6 is 11.6 Å². The first kappa shape index (κ1) is 19.4. The Labute approximate surface area is 159 Å². The molecule has 0 unspecified atom stereocenters. The maximum atomic E-state index is 14.8. The lowest BCUT2D eigenvalue weighted by atomic mass is 10.0. The van der Waals surface area contributed by atoms with Crippen molar-refractivity contribution in [1.82, 2.24) is 0 Å². The van der Waals surface area contributed by atoms with Crippen molar-refractivity contribution < 1.29 is 26.7 Å². The molecule has 10 heteroatoms. The molecule has 1 aliphatic rings. The summed E-state index contributed by atoms with van der Waals surface area (Å²) >= 11 is 5.75. The molecule has 3 rings (SSSR count). The lowest BCUT2D eigenvalue weighted by molar-refractivity contribution is -0.131. The average molecular weight is 417 g/mol. The quantitative estimate of drug-likeness (QED) is 0.825. The van der Waals surface area contributed by atoms with Gasteiger partial charge in [-0.05, 0) is 32.0 Å². The van der Waals surface area contributed by atoms with E-state index in [9.17, 15) is 22.0 Å². The standard InChI is InChI=1S/C17H15ClF2N2O4S/c1-17(2)16(23)22(13-5-4-9(18)6-11(13)19)15-12(20)7-10(8-14(15)26-17)21-27(3,24)25/h4-8,21H,1-3H3. The van der Waals surface area contributed by atoms with Crippen molar-refractivity contribution >= 4 is 44.6 Å². The van der Waals surface area contributed by atoms with Gasteiger partial charge in [0.25, 0.3) is 5.91 Å². The van der Waals surface area contributed by atoms with Crippen LogP contribution in [0.15, 0.2) is 30.3 Å². The number of sulfonamides is 1. The Bertz CT molecular complexity index is 1060. The van der Waals surface area contributed by atoms with Crippen molar-refractivity contribution in [2.45, 2.75) is 19.4 Å². The van der Waals surface area contributed by atoms with Crippen LogP contribution in [0.4, 0.5) is 25.8 Å². The van der Waals surface area contributed by atoms with Gasteiger partial charge in [0.2, 0.25) is 10.0 Å². The molecular formula is C17H15ClF2N2O4S. The topological polar surface area (TPSA) is 75.7 Å². The van der Waals surface area contributed by atoms with Crippen LogP contribution in [0.2, 0.25) is 5.02 Å². The van der Waals surface area contributed by atoms with Gasteiger partial charge < -0.3 is 4.74 Å². The molecule has 0 aromatic heterocycles. The van der Waals surface area contributed by atoms with Crippen LogP contribution in [0.25, 0.3) is 0 Å². The van der Waals surface area contributed by atoms with E-state index >= 15 is 0 Å². The molecule has 144 valence electrons. The van der Waals surface area contributed by atoms with Gasteiger partial charge >= 0.3 is 0 Å². The van der Waals surface area contributed by atoms with Gasteiger partial charge in [0.1, 0.15) is 17.3 Å². The van der Waals surface area contributed by atoms with Crippen LogP contribution in [0.5, 0.6) is 5.75 Å². The average Bonchev–Trinajstić information content (AvgIpc) is 2.48. The zero-order valence-corrected chi connectivity index (χ0v) is 16.1. The van der Waals surface area contributed by atoms with Crippen molar-refractivity contribution in [2.24, 2.45) is 0 Å². The summed E-state index contributed by atoms with van der Waals surface area (Å²) in [5.41, 5.74) is -2.06. The molecule has 2 aromatic carbocycles. The number of nitrogens with one attached hydrogen (secondary N) is 1. The predicted octanol–water partition coefficient (Wildman–Crippen LogP) is 3.83. The van der Waals surface area contributed by atoms with Crippen LogP contribution in [-0.2, 0) is 14.8 Å². The van der Waals surface area contributed by atoms with Gasteiger partial charge in [-0.2, -0.15) is 0 Å². The van der Waals surface area contributed by atoms with Crippen LogP contribution in [0.3, 0.4) is 0 Å². The minimum Gasteiger partial charge on any atom is -0.476 e. The van der Waals surface area contributed by atoms with E-state index in [1.54, 1.807) is 0 Å².